The Balaban J connectivity index is 1.47. The molecule has 2 fully saturated rings. The van der Waals surface area contributed by atoms with Crippen LogP contribution < -0.4 is 10.5 Å². The van der Waals surface area contributed by atoms with Gasteiger partial charge in [-0.2, -0.15) is 5.10 Å². The first-order valence-corrected chi connectivity index (χ1v) is 10.1. The second-order valence-corrected chi connectivity index (χ2v) is 7.75. The quantitative estimate of drug-likeness (QED) is 0.781. The number of piperidine rings is 1. The fourth-order valence-corrected chi connectivity index (χ4v) is 4.16. The van der Waals surface area contributed by atoms with E-state index in [4.69, 9.17) is 16.3 Å². The van der Waals surface area contributed by atoms with E-state index in [1.807, 2.05) is 0 Å². The number of halogens is 2. The second-order valence-electron chi connectivity index (χ2n) is 7.34. The molecule has 4 rings (SSSR count). The predicted molar refractivity (Wildman–Crippen MR) is 106 cm³/mol. The maximum atomic E-state index is 14.2. The largest absolute Gasteiger partial charge is 0.378 e. The average molecular weight is 407 g/mol. The molecule has 150 valence electrons. The van der Waals surface area contributed by atoms with E-state index < -0.39 is 0 Å². The molecule has 3 heterocycles. The molecule has 0 N–H and O–H groups in total. The molecule has 8 heteroatoms. The van der Waals surface area contributed by atoms with Crippen molar-refractivity contribution >= 4 is 17.3 Å². The first kappa shape index (κ1) is 19.4. The number of aromatic nitrogens is 2. The maximum Gasteiger partial charge on any atom is 0.269 e. The molecule has 2 aromatic rings. The molecule has 1 aromatic carbocycles. The third kappa shape index (κ3) is 4.21. The number of morpholine rings is 1. The van der Waals surface area contributed by atoms with E-state index in [9.17, 15) is 9.18 Å². The molecular formula is C20H24ClFN4O2. The van der Waals surface area contributed by atoms with Crippen LogP contribution in [0, 0.1) is 5.82 Å². The Morgan fingerprint density at radius 1 is 1.25 bits per heavy atom. The molecule has 6 nitrogen and oxygen atoms in total. The summed E-state index contributed by atoms with van der Waals surface area (Å²) >= 11 is 5.89. The first-order valence-electron chi connectivity index (χ1n) is 9.68. The van der Waals surface area contributed by atoms with Gasteiger partial charge in [-0.25, -0.2) is 9.07 Å². The van der Waals surface area contributed by atoms with Gasteiger partial charge in [0.2, 0.25) is 0 Å². The van der Waals surface area contributed by atoms with Crippen molar-refractivity contribution in [2.24, 2.45) is 0 Å². The zero-order valence-electron chi connectivity index (χ0n) is 15.7. The van der Waals surface area contributed by atoms with Gasteiger partial charge >= 0.3 is 0 Å². The number of benzene rings is 1. The SMILES string of the molecule is O=c1cc(N2CCOCC2)cnn1[C@@H]1CCCN(Cc2cccc(Cl)c2F)C1. The topological polar surface area (TPSA) is 50.6 Å². The van der Waals surface area contributed by atoms with Crippen LogP contribution in [0.3, 0.4) is 0 Å². The standard InChI is InChI=1S/C20H24ClFN4O2/c21-18-5-1-3-15(20(18)22)13-24-6-2-4-16(14-24)26-19(27)11-17(12-23-26)25-7-9-28-10-8-25/h1,3,5,11-12,16H,2,4,6-10,13-14H2/t16-/m1/s1. The Hall–Kier alpha value is -1.96. The van der Waals surface area contributed by atoms with E-state index in [0.29, 0.717) is 31.9 Å². The smallest absolute Gasteiger partial charge is 0.269 e. The first-order chi connectivity index (χ1) is 13.6. The summed E-state index contributed by atoms with van der Waals surface area (Å²) in [6.07, 6.45) is 3.59. The molecular weight excluding hydrogens is 383 g/mol. The minimum Gasteiger partial charge on any atom is -0.378 e. The number of likely N-dealkylation sites (tertiary alicyclic amines) is 1. The van der Waals surface area contributed by atoms with Crippen LogP contribution in [0.1, 0.15) is 24.4 Å². The molecule has 28 heavy (non-hydrogen) atoms. The molecule has 0 unspecified atom stereocenters. The van der Waals surface area contributed by atoms with Crippen molar-refractivity contribution < 1.29 is 9.13 Å². The van der Waals surface area contributed by atoms with Crippen LogP contribution in [0.5, 0.6) is 0 Å². The van der Waals surface area contributed by atoms with Gasteiger partial charge in [-0.1, -0.05) is 23.7 Å². The number of ether oxygens (including phenoxy) is 1. The molecule has 1 aromatic heterocycles. The Morgan fingerprint density at radius 3 is 2.86 bits per heavy atom. The summed E-state index contributed by atoms with van der Waals surface area (Å²) in [7, 11) is 0. The highest BCUT2D eigenvalue weighted by Crippen LogP contribution is 2.24. The van der Waals surface area contributed by atoms with Crippen LogP contribution in [0.2, 0.25) is 5.02 Å². The molecule has 0 spiro atoms. The second kappa shape index (κ2) is 8.59. The lowest BCUT2D eigenvalue weighted by molar-refractivity contribution is 0.122. The number of hydrogen-bond donors (Lipinski definition) is 0. The Morgan fingerprint density at radius 2 is 2.07 bits per heavy atom. The molecule has 0 amide bonds. The highest BCUT2D eigenvalue weighted by atomic mass is 35.5. The zero-order chi connectivity index (χ0) is 19.5. The van der Waals surface area contributed by atoms with Crippen molar-refractivity contribution in [2.75, 3.05) is 44.3 Å². The van der Waals surface area contributed by atoms with E-state index in [2.05, 4.69) is 14.9 Å². The van der Waals surface area contributed by atoms with Gasteiger partial charge in [0.25, 0.3) is 5.56 Å². The summed E-state index contributed by atoms with van der Waals surface area (Å²) in [5.74, 6) is -0.364. The molecule has 0 aliphatic carbocycles. The molecule has 2 aliphatic heterocycles. The van der Waals surface area contributed by atoms with Crippen LogP contribution in [0.4, 0.5) is 10.1 Å². The number of anilines is 1. The van der Waals surface area contributed by atoms with Crippen molar-refractivity contribution in [2.45, 2.75) is 25.4 Å². The molecule has 0 saturated carbocycles. The summed E-state index contributed by atoms with van der Waals surface area (Å²) in [6, 6.07) is 6.72. The molecule has 0 radical (unpaired) electrons. The van der Waals surface area contributed by atoms with Crippen molar-refractivity contribution in [1.29, 1.82) is 0 Å². The number of hydrogen-bond acceptors (Lipinski definition) is 5. The molecule has 2 aliphatic rings. The van der Waals surface area contributed by atoms with Crippen molar-refractivity contribution in [3.63, 3.8) is 0 Å². The van der Waals surface area contributed by atoms with Gasteiger partial charge in [0.05, 0.1) is 36.2 Å². The van der Waals surface area contributed by atoms with E-state index in [1.54, 1.807) is 35.1 Å². The summed E-state index contributed by atoms with van der Waals surface area (Å²) in [5, 5.41) is 4.59. The molecule has 2 saturated heterocycles. The van der Waals surface area contributed by atoms with Gasteiger partial charge in [-0.15, -0.1) is 0 Å². The Bertz CT molecular complexity index is 885. The lowest BCUT2D eigenvalue weighted by Gasteiger charge is -2.33. The third-order valence-electron chi connectivity index (χ3n) is 5.44. The van der Waals surface area contributed by atoms with E-state index in [0.717, 1.165) is 38.2 Å². The van der Waals surface area contributed by atoms with E-state index >= 15 is 0 Å². The van der Waals surface area contributed by atoms with Gasteiger partial charge < -0.3 is 9.64 Å². The highest BCUT2D eigenvalue weighted by Gasteiger charge is 2.24. The monoisotopic (exact) mass is 406 g/mol. The van der Waals surface area contributed by atoms with Gasteiger partial charge in [0.1, 0.15) is 5.82 Å². The van der Waals surface area contributed by atoms with Gasteiger partial charge in [-0.05, 0) is 25.5 Å². The molecule has 1 atom stereocenters. The zero-order valence-corrected chi connectivity index (χ0v) is 16.4. The predicted octanol–water partition coefficient (Wildman–Crippen LogP) is 2.71. The van der Waals surface area contributed by atoms with Crippen molar-refractivity contribution in [3.8, 4) is 0 Å². The summed E-state index contributed by atoms with van der Waals surface area (Å²) in [6.45, 7) is 4.88. The van der Waals surface area contributed by atoms with Crippen LogP contribution in [0.25, 0.3) is 0 Å². The summed E-state index contributed by atoms with van der Waals surface area (Å²) in [4.78, 5) is 17.0. The summed E-state index contributed by atoms with van der Waals surface area (Å²) in [5.41, 5.74) is 1.33. The van der Waals surface area contributed by atoms with Gasteiger partial charge in [0, 0.05) is 37.8 Å². The Kier molecular flexibility index (Phi) is 5.94. The highest BCUT2D eigenvalue weighted by molar-refractivity contribution is 6.30. The normalized spacial score (nSPS) is 21.1. The fourth-order valence-electron chi connectivity index (χ4n) is 3.96. The van der Waals surface area contributed by atoms with E-state index in [1.165, 1.54) is 0 Å². The average Bonchev–Trinajstić information content (AvgIpc) is 2.72. The van der Waals surface area contributed by atoms with Crippen LogP contribution in [-0.2, 0) is 11.3 Å². The van der Waals surface area contributed by atoms with E-state index in [-0.39, 0.29) is 22.4 Å². The van der Waals surface area contributed by atoms with Crippen molar-refractivity contribution in [3.05, 3.63) is 57.2 Å². The van der Waals surface area contributed by atoms with Crippen LogP contribution in [-0.4, -0.2) is 54.1 Å². The minimum atomic E-state index is -0.364. The van der Waals surface area contributed by atoms with Crippen molar-refractivity contribution in [1.82, 2.24) is 14.7 Å². The molecule has 0 bridgehead atoms. The lowest BCUT2D eigenvalue weighted by Crippen LogP contribution is -2.41. The van der Waals surface area contributed by atoms with Crippen LogP contribution in [0.15, 0.2) is 35.3 Å². The van der Waals surface area contributed by atoms with Crippen LogP contribution >= 0.6 is 11.6 Å². The third-order valence-corrected chi connectivity index (χ3v) is 5.73. The van der Waals surface area contributed by atoms with Gasteiger partial charge in [-0.3, -0.25) is 9.69 Å². The number of rotatable bonds is 4. The summed E-state index contributed by atoms with van der Waals surface area (Å²) < 4.78 is 21.2. The number of nitrogens with zero attached hydrogens (tertiary/aromatic N) is 4. The Labute approximate surface area is 168 Å². The maximum absolute atomic E-state index is 14.2. The van der Waals surface area contributed by atoms with Gasteiger partial charge in [0.15, 0.2) is 0 Å². The minimum absolute atomic E-state index is 0.0118. The lowest BCUT2D eigenvalue weighted by atomic mass is 10.0. The fraction of sp³-hybridized carbons (Fsp3) is 0.500.